The largest absolute Gasteiger partial charge is 0.354 e. The van der Waals surface area contributed by atoms with E-state index in [-0.39, 0.29) is 0 Å². The van der Waals surface area contributed by atoms with Crippen LogP contribution in [0, 0.1) is 0 Å². The van der Waals surface area contributed by atoms with Crippen LogP contribution in [0.15, 0.2) is 61.6 Å². The Balaban J connectivity index is 2.25. The van der Waals surface area contributed by atoms with E-state index in [9.17, 15) is 0 Å². The summed E-state index contributed by atoms with van der Waals surface area (Å²) in [4.78, 5) is 8.31. The molecule has 0 saturated carbocycles. The number of allylic oxidation sites excluding steroid dienone is 4. The molecule has 0 aliphatic rings. The number of nitrogens with two attached hydrogens (primary N) is 1. The van der Waals surface area contributed by atoms with Gasteiger partial charge in [0.25, 0.3) is 0 Å². The van der Waals surface area contributed by atoms with Crippen molar-refractivity contribution >= 4 is 22.8 Å². The van der Waals surface area contributed by atoms with Crippen molar-refractivity contribution in [3.05, 3.63) is 72.7 Å². The fourth-order valence-corrected chi connectivity index (χ4v) is 2.21. The molecule has 0 aromatic carbocycles. The molecule has 24 heavy (non-hydrogen) atoms. The van der Waals surface area contributed by atoms with Crippen LogP contribution in [-0.4, -0.2) is 9.97 Å². The fraction of sp³-hybridized carbons (Fsp3) is 0.158. The van der Waals surface area contributed by atoms with E-state index in [0.717, 1.165) is 34.5 Å². The summed E-state index contributed by atoms with van der Waals surface area (Å²) in [6.07, 6.45) is 12.6. The Morgan fingerprint density at radius 1 is 1.33 bits per heavy atom. The smallest absolute Gasteiger partial charge is 0.140 e. The average molecular weight is 321 g/mol. The highest BCUT2D eigenvalue weighted by molar-refractivity contribution is 5.83. The highest BCUT2D eigenvalue weighted by Crippen LogP contribution is 2.26. The van der Waals surface area contributed by atoms with Crippen LogP contribution in [0.2, 0.25) is 0 Å². The molecule has 0 spiro atoms. The van der Waals surface area contributed by atoms with Crippen molar-refractivity contribution in [1.82, 2.24) is 9.97 Å². The van der Waals surface area contributed by atoms with Gasteiger partial charge in [-0.25, -0.2) is 10.8 Å². The van der Waals surface area contributed by atoms with E-state index < -0.39 is 0 Å². The molecule has 2 aromatic heterocycles. The minimum Gasteiger partial charge on any atom is -0.354 e. The van der Waals surface area contributed by atoms with E-state index in [0.29, 0.717) is 5.82 Å². The first-order chi connectivity index (χ1) is 11.7. The lowest BCUT2D eigenvalue weighted by atomic mass is 10.1. The predicted molar refractivity (Wildman–Crippen MR) is 102 cm³/mol. The molecular weight excluding hydrogens is 298 g/mol. The Morgan fingerprint density at radius 2 is 2.17 bits per heavy atom. The van der Waals surface area contributed by atoms with Crippen LogP contribution in [0.25, 0.3) is 11.3 Å². The maximum Gasteiger partial charge on any atom is 0.140 e. The van der Waals surface area contributed by atoms with Crippen LogP contribution < -0.4 is 16.6 Å². The summed E-state index contributed by atoms with van der Waals surface area (Å²) in [5.41, 5.74) is 7.32. The van der Waals surface area contributed by atoms with Crippen molar-refractivity contribution in [2.24, 2.45) is 5.84 Å². The molecule has 0 aliphatic carbocycles. The van der Waals surface area contributed by atoms with E-state index in [1.165, 1.54) is 0 Å². The minimum atomic E-state index is 0.586. The summed E-state index contributed by atoms with van der Waals surface area (Å²) in [7, 11) is 0. The standard InChI is InChI=1S/C19H23N5/c1-4-5-6-7-14(2)17-9-10-21-13-18(17)23-15(3)16-8-11-22-19(12-16)24-20/h5-13,23H,3-4,20H2,1-2H3,(H,22,24)/b6-5-,14-7+. The molecule has 0 unspecified atom stereocenters. The first kappa shape index (κ1) is 17.4. The number of nitrogens with one attached hydrogen (secondary N) is 2. The van der Waals surface area contributed by atoms with Gasteiger partial charge in [-0.05, 0) is 37.1 Å². The van der Waals surface area contributed by atoms with Crippen molar-refractivity contribution < 1.29 is 0 Å². The second kappa shape index (κ2) is 8.64. The van der Waals surface area contributed by atoms with E-state index in [1.807, 2.05) is 18.2 Å². The number of hydrogen-bond donors (Lipinski definition) is 3. The van der Waals surface area contributed by atoms with Crippen molar-refractivity contribution in [2.45, 2.75) is 20.3 Å². The van der Waals surface area contributed by atoms with Crippen molar-refractivity contribution in [3.8, 4) is 0 Å². The highest BCUT2D eigenvalue weighted by atomic mass is 15.2. The SMILES string of the molecule is C=C(Nc1cnccc1/C(C)=C/C=C\CC)c1ccnc(NN)c1. The van der Waals surface area contributed by atoms with Gasteiger partial charge in [-0.3, -0.25) is 4.98 Å². The number of pyridine rings is 2. The van der Waals surface area contributed by atoms with Gasteiger partial charge < -0.3 is 10.7 Å². The van der Waals surface area contributed by atoms with Gasteiger partial charge in [-0.2, -0.15) is 0 Å². The van der Waals surface area contributed by atoms with Gasteiger partial charge >= 0.3 is 0 Å². The van der Waals surface area contributed by atoms with Crippen LogP contribution in [0.4, 0.5) is 11.5 Å². The summed E-state index contributed by atoms with van der Waals surface area (Å²) in [6, 6.07) is 5.69. The maximum atomic E-state index is 5.41. The lowest BCUT2D eigenvalue weighted by Crippen LogP contribution is -2.09. The summed E-state index contributed by atoms with van der Waals surface area (Å²) in [5, 5.41) is 3.33. The number of hydrazine groups is 1. The summed E-state index contributed by atoms with van der Waals surface area (Å²) in [6.45, 7) is 8.29. The van der Waals surface area contributed by atoms with Crippen LogP contribution >= 0.6 is 0 Å². The number of hydrogen-bond acceptors (Lipinski definition) is 5. The number of rotatable bonds is 7. The van der Waals surface area contributed by atoms with Crippen LogP contribution in [-0.2, 0) is 0 Å². The normalized spacial score (nSPS) is 11.5. The third kappa shape index (κ3) is 4.54. The molecule has 4 N–H and O–H groups in total. The van der Waals surface area contributed by atoms with Crippen LogP contribution in [0.3, 0.4) is 0 Å². The number of nitrogen functional groups attached to an aromatic ring is 1. The lowest BCUT2D eigenvalue weighted by Gasteiger charge is -2.14. The van der Waals surface area contributed by atoms with Gasteiger partial charge in [0.1, 0.15) is 5.82 Å². The molecule has 0 radical (unpaired) electrons. The molecule has 2 heterocycles. The third-order valence-corrected chi connectivity index (χ3v) is 3.51. The average Bonchev–Trinajstić information content (AvgIpc) is 2.62. The second-order valence-electron chi connectivity index (χ2n) is 5.28. The lowest BCUT2D eigenvalue weighted by molar-refractivity contribution is 1.22. The zero-order chi connectivity index (χ0) is 17.4. The van der Waals surface area contributed by atoms with E-state index in [4.69, 9.17) is 5.84 Å². The molecule has 5 nitrogen and oxygen atoms in total. The van der Waals surface area contributed by atoms with Gasteiger partial charge in [-0.15, -0.1) is 0 Å². The second-order valence-corrected chi connectivity index (χ2v) is 5.28. The summed E-state index contributed by atoms with van der Waals surface area (Å²) < 4.78 is 0. The fourth-order valence-electron chi connectivity index (χ4n) is 2.21. The molecule has 2 rings (SSSR count). The van der Waals surface area contributed by atoms with Crippen molar-refractivity contribution in [2.75, 3.05) is 10.7 Å². The third-order valence-electron chi connectivity index (χ3n) is 3.51. The Kier molecular flexibility index (Phi) is 6.28. The number of nitrogens with zero attached hydrogens (tertiary/aromatic N) is 2. The molecular formula is C19H23N5. The Hall–Kier alpha value is -2.92. The van der Waals surface area contributed by atoms with Gasteiger partial charge in [0.2, 0.25) is 0 Å². The van der Waals surface area contributed by atoms with Crippen LogP contribution in [0.5, 0.6) is 0 Å². The summed E-state index contributed by atoms with van der Waals surface area (Å²) in [5.74, 6) is 5.99. The summed E-state index contributed by atoms with van der Waals surface area (Å²) >= 11 is 0. The minimum absolute atomic E-state index is 0.586. The highest BCUT2D eigenvalue weighted by Gasteiger charge is 2.07. The van der Waals surface area contributed by atoms with Crippen LogP contribution in [0.1, 0.15) is 31.4 Å². The Bertz CT molecular complexity index is 762. The van der Waals surface area contributed by atoms with Crippen molar-refractivity contribution in [1.29, 1.82) is 0 Å². The first-order valence-electron chi connectivity index (χ1n) is 7.82. The molecule has 0 amide bonds. The first-order valence-corrected chi connectivity index (χ1v) is 7.82. The molecule has 124 valence electrons. The van der Waals surface area contributed by atoms with Gasteiger partial charge in [-0.1, -0.05) is 31.7 Å². The molecule has 0 bridgehead atoms. The monoisotopic (exact) mass is 321 g/mol. The quantitative estimate of drug-likeness (QED) is 0.404. The predicted octanol–water partition coefficient (Wildman–Crippen LogP) is 4.21. The molecule has 2 aromatic rings. The molecule has 0 fully saturated rings. The molecule has 5 heteroatoms. The Labute approximate surface area is 143 Å². The van der Waals surface area contributed by atoms with E-state index in [1.54, 1.807) is 18.6 Å². The molecule has 0 atom stereocenters. The van der Waals surface area contributed by atoms with Gasteiger partial charge in [0, 0.05) is 29.2 Å². The van der Waals surface area contributed by atoms with Crippen molar-refractivity contribution in [3.63, 3.8) is 0 Å². The Morgan fingerprint density at radius 3 is 2.92 bits per heavy atom. The maximum absolute atomic E-state index is 5.41. The zero-order valence-electron chi connectivity index (χ0n) is 14.1. The van der Waals surface area contributed by atoms with E-state index in [2.05, 4.69) is 59.4 Å². The topological polar surface area (TPSA) is 75.9 Å². The van der Waals surface area contributed by atoms with Gasteiger partial charge in [0.05, 0.1) is 11.9 Å². The molecule has 0 saturated heterocycles. The molecule has 0 aliphatic heterocycles. The van der Waals surface area contributed by atoms with Gasteiger partial charge in [0.15, 0.2) is 0 Å². The van der Waals surface area contributed by atoms with E-state index >= 15 is 0 Å². The number of aromatic nitrogens is 2. The zero-order valence-corrected chi connectivity index (χ0v) is 14.1. The number of anilines is 2.